The number of thiophene rings is 1. The van der Waals surface area contributed by atoms with E-state index in [9.17, 15) is 14.1 Å². The number of aliphatic carboxylic acids is 1. The van der Waals surface area contributed by atoms with Crippen LogP contribution in [-0.2, 0) is 28.7 Å². The van der Waals surface area contributed by atoms with Crippen molar-refractivity contribution < 1.29 is 14.1 Å². The van der Waals surface area contributed by atoms with Gasteiger partial charge in [-0.2, -0.15) is 0 Å². The van der Waals surface area contributed by atoms with Gasteiger partial charge in [0.2, 0.25) is 0 Å². The molecular formula is C30H40N4O3S2. The first-order valence-electron chi connectivity index (χ1n) is 13.3. The average Bonchev–Trinajstić information content (AvgIpc) is 3.18. The summed E-state index contributed by atoms with van der Waals surface area (Å²) < 4.78 is 15.7. The van der Waals surface area contributed by atoms with Gasteiger partial charge in [0.05, 0.1) is 21.7 Å². The number of hydrazine groups is 1. The van der Waals surface area contributed by atoms with E-state index >= 15 is 0 Å². The van der Waals surface area contributed by atoms with Gasteiger partial charge in [-0.25, -0.2) is 14.4 Å². The number of hydrogen-bond donors (Lipinski definition) is 3. The van der Waals surface area contributed by atoms with Gasteiger partial charge in [0.1, 0.15) is 11.0 Å². The Balaban J connectivity index is 1.76. The van der Waals surface area contributed by atoms with Gasteiger partial charge in [0.25, 0.3) is 0 Å². The quantitative estimate of drug-likeness (QED) is 0.185. The maximum Gasteiger partial charge on any atom is 0.310 e. The third-order valence-electron chi connectivity index (χ3n) is 7.92. The van der Waals surface area contributed by atoms with Crippen LogP contribution in [0, 0.1) is 25.2 Å². The third kappa shape index (κ3) is 5.63. The molecule has 3 atom stereocenters. The molecule has 5 N–H and O–H groups in total. The zero-order valence-electron chi connectivity index (χ0n) is 23.7. The van der Waals surface area contributed by atoms with Gasteiger partial charge < -0.3 is 15.8 Å². The van der Waals surface area contributed by atoms with Crippen LogP contribution in [0.1, 0.15) is 65.6 Å². The van der Waals surface area contributed by atoms with E-state index in [-0.39, 0.29) is 0 Å². The molecule has 1 aliphatic heterocycles. The molecule has 0 spiro atoms. The monoisotopic (exact) mass is 568 g/mol. The number of hydrogen-bond acceptors (Lipinski definition) is 6. The number of rotatable bonds is 8. The highest BCUT2D eigenvalue weighted by Gasteiger charge is 2.41. The van der Waals surface area contributed by atoms with Crippen molar-refractivity contribution in [1.82, 2.24) is 4.31 Å². The lowest BCUT2D eigenvalue weighted by Crippen LogP contribution is -2.33. The first-order valence-corrected chi connectivity index (χ1v) is 15.3. The molecule has 7 nitrogen and oxygen atoms in total. The number of aryl methyl sites for hydroxylation is 1. The highest BCUT2D eigenvalue weighted by atomic mass is 32.2. The Morgan fingerprint density at radius 1 is 1.26 bits per heavy atom. The number of carboxylic acid groups (broad SMARTS) is 1. The number of carbonyl (C=O) groups is 1. The van der Waals surface area contributed by atoms with Crippen molar-refractivity contribution in [2.75, 3.05) is 23.8 Å². The highest BCUT2D eigenvalue weighted by molar-refractivity contribution is 7.82. The molecule has 0 saturated heterocycles. The van der Waals surface area contributed by atoms with Crippen LogP contribution in [0.4, 0.5) is 11.4 Å². The summed E-state index contributed by atoms with van der Waals surface area (Å²) in [5.74, 6) is 5.20. The summed E-state index contributed by atoms with van der Waals surface area (Å²) in [5.41, 5.74) is 10.6. The lowest BCUT2D eigenvalue weighted by molar-refractivity contribution is -0.147. The van der Waals surface area contributed by atoms with E-state index in [2.05, 4.69) is 26.0 Å². The molecule has 0 bridgehead atoms. The van der Waals surface area contributed by atoms with Gasteiger partial charge in [-0.3, -0.25) is 4.79 Å². The predicted molar refractivity (Wildman–Crippen MR) is 161 cm³/mol. The Kier molecular flexibility index (Phi) is 8.56. The lowest BCUT2D eigenvalue weighted by Gasteiger charge is -2.32. The Hall–Kier alpha value is -2.72. The predicted octanol–water partition coefficient (Wildman–Crippen LogP) is 5.61. The molecule has 0 radical (unpaired) electrons. The molecule has 2 aromatic carbocycles. The minimum atomic E-state index is -1.27. The fourth-order valence-corrected chi connectivity index (χ4v) is 8.32. The van der Waals surface area contributed by atoms with E-state index in [0.29, 0.717) is 24.7 Å². The van der Waals surface area contributed by atoms with Crippen molar-refractivity contribution in [2.45, 2.75) is 65.3 Å². The maximum atomic E-state index is 13.6. The summed E-state index contributed by atoms with van der Waals surface area (Å²) in [6.45, 7) is 13.5. The first-order chi connectivity index (χ1) is 18.4. The first kappa shape index (κ1) is 29.3. The van der Waals surface area contributed by atoms with Gasteiger partial charge in [-0.05, 0) is 87.4 Å². The van der Waals surface area contributed by atoms with E-state index in [1.54, 1.807) is 30.2 Å². The third-order valence-corrected chi connectivity index (χ3v) is 10.6. The Bertz CT molecular complexity index is 1400. The summed E-state index contributed by atoms with van der Waals surface area (Å²) in [7, 11) is -1.27. The van der Waals surface area contributed by atoms with Gasteiger partial charge in [0.15, 0.2) is 0 Å². The van der Waals surface area contributed by atoms with E-state index in [0.717, 1.165) is 55.6 Å². The molecule has 1 aliphatic rings. The zero-order valence-corrected chi connectivity index (χ0v) is 25.3. The van der Waals surface area contributed by atoms with Crippen LogP contribution in [0.15, 0.2) is 47.4 Å². The fourth-order valence-electron chi connectivity index (χ4n) is 5.48. The van der Waals surface area contributed by atoms with Crippen LogP contribution in [-0.4, -0.2) is 32.7 Å². The molecule has 9 heteroatoms. The second-order valence-electron chi connectivity index (χ2n) is 11.2. The Morgan fingerprint density at radius 3 is 2.62 bits per heavy atom. The fraction of sp³-hybridized carbons (Fsp3) is 0.433. The normalized spacial score (nSPS) is 18.8. The molecule has 0 fully saturated rings. The number of nitrogens with zero attached hydrogens (tertiary/aromatic N) is 2. The molecule has 0 aliphatic carbocycles. The standard InChI is InChI=1S/C30H40N4O3S2/c1-7-34(32)24-13-12-23(19(3)28(24)31)27(30(5,6)29(35)36)25-15-22(20(4)38-25)17-33-16-18(2)14-21-10-8-9-11-26(21)39(33)37/h8-13,15,18,27H,7,14,16-17,31-32H2,1-6H3,(H,35,36). The van der Waals surface area contributed by atoms with E-state index in [1.807, 2.05) is 48.5 Å². The van der Waals surface area contributed by atoms with Gasteiger partial charge >= 0.3 is 5.97 Å². The minimum Gasteiger partial charge on any atom is -0.481 e. The number of fused-ring (bicyclic) bond motifs is 1. The summed E-state index contributed by atoms with van der Waals surface area (Å²) in [5, 5.41) is 11.9. The molecule has 1 aromatic heterocycles. The minimum absolute atomic E-state index is 0.365. The molecule has 3 unspecified atom stereocenters. The van der Waals surface area contributed by atoms with E-state index < -0.39 is 28.3 Å². The number of nitrogens with two attached hydrogens (primary N) is 2. The second kappa shape index (κ2) is 11.4. The van der Waals surface area contributed by atoms with Crippen molar-refractivity contribution in [3.05, 3.63) is 74.5 Å². The highest BCUT2D eigenvalue weighted by Crippen LogP contribution is 2.47. The molecule has 0 saturated carbocycles. The van der Waals surface area contributed by atoms with Crippen molar-refractivity contribution in [2.24, 2.45) is 17.2 Å². The maximum absolute atomic E-state index is 13.6. The van der Waals surface area contributed by atoms with Crippen molar-refractivity contribution >= 4 is 39.7 Å². The van der Waals surface area contributed by atoms with Crippen molar-refractivity contribution in [3.8, 4) is 0 Å². The molecule has 210 valence electrons. The van der Waals surface area contributed by atoms with Crippen LogP contribution < -0.4 is 16.6 Å². The molecule has 39 heavy (non-hydrogen) atoms. The largest absolute Gasteiger partial charge is 0.481 e. The lowest BCUT2D eigenvalue weighted by atomic mass is 9.72. The van der Waals surface area contributed by atoms with Crippen LogP contribution in [0.2, 0.25) is 0 Å². The van der Waals surface area contributed by atoms with Gasteiger partial charge in [0, 0.05) is 35.3 Å². The zero-order chi connectivity index (χ0) is 28.6. The average molecular weight is 569 g/mol. The topological polar surface area (TPSA) is 113 Å². The van der Waals surface area contributed by atoms with Crippen LogP contribution in [0.25, 0.3) is 0 Å². The number of anilines is 2. The van der Waals surface area contributed by atoms with E-state index in [1.165, 1.54) is 0 Å². The van der Waals surface area contributed by atoms with Crippen molar-refractivity contribution in [1.29, 1.82) is 0 Å². The van der Waals surface area contributed by atoms with Crippen LogP contribution >= 0.6 is 11.3 Å². The molecule has 4 rings (SSSR count). The SMILES string of the molecule is CCN(N)c1ccc(C(c2cc(CN3CC(C)Cc4ccccc4S3=O)c(C)s2)C(C)(C)C(=O)O)c(C)c1N. The summed E-state index contributed by atoms with van der Waals surface area (Å²) in [6.07, 6.45) is 0.899. The molecule has 0 amide bonds. The number of nitrogen functional groups attached to an aromatic ring is 1. The summed E-state index contributed by atoms with van der Waals surface area (Å²) >= 11 is 1.61. The Labute approximate surface area is 238 Å². The van der Waals surface area contributed by atoms with E-state index in [4.69, 9.17) is 11.6 Å². The van der Waals surface area contributed by atoms with Crippen LogP contribution in [0.5, 0.6) is 0 Å². The summed E-state index contributed by atoms with van der Waals surface area (Å²) in [4.78, 5) is 15.5. The van der Waals surface area contributed by atoms with Gasteiger partial charge in [-0.1, -0.05) is 31.2 Å². The van der Waals surface area contributed by atoms with Crippen LogP contribution in [0.3, 0.4) is 0 Å². The molecule has 3 aromatic rings. The number of carboxylic acids is 1. The molecule has 2 heterocycles. The smallest absolute Gasteiger partial charge is 0.310 e. The Morgan fingerprint density at radius 2 is 1.95 bits per heavy atom. The van der Waals surface area contributed by atoms with Crippen molar-refractivity contribution in [3.63, 3.8) is 0 Å². The summed E-state index contributed by atoms with van der Waals surface area (Å²) in [6, 6.07) is 13.9. The number of benzene rings is 2. The molecular weight excluding hydrogens is 528 g/mol. The van der Waals surface area contributed by atoms with Gasteiger partial charge in [-0.15, -0.1) is 11.3 Å². The second-order valence-corrected chi connectivity index (χ2v) is 13.9.